The molecule has 3 atom stereocenters. The maximum atomic E-state index is 10.6. The molecule has 0 radical (unpaired) electrons. The van der Waals surface area contributed by atoms with E-state index in [4.69, 9.17) is 4.55 Å². The first-order valence-electron chi connectivity index (χ1n) is 7.30. The van der Waals surface area contributed by atoms with Gasteiger partial charge in [-0.1, -0.05) is 39.0 Å². The van der Waals surface area contributed by atoms with Gasteiger partial charge in [-0.25, -0.2) is 0 Å². The minimum Gasteiger partial charge on any atom is -0.314 e. The lowest BCUT2D eigenvalue weighted by Gasteiger charge is -2.26. The van der Waals surface area contributed by atoms with Crippen molar-refractivity contribution < 1.29 is 12.9 Å². The van der Waals surface area contributed by atoms with Gasteiger partial charge in [-0.05, 0) is 31.2 Å². The largest absolute Gasteiger partial charge is 0.314 e. The Hall–Kier alpha value is 0.250. The second-order valence-electron chi connectivity index (χ2n) is 5.63. The van der Waals surface area contributed by atoms with Crippen molar-refractivity contribution in [1.82, 2.24) is 5.32 Å². The normalized spacial score (nSPS) is 27.1. The fourth-order valence-electron chi connectivity index (χ4n) is 2.85. The number of hydrogen-bond donors (Lipinski definition) is 2. The van der Waals surface area contributed by atoms with Crippen molar-refractivity contribution in [2.24, 2.45) is 11.8 Å². The van der Waals surface area contributed by atoms with Gasteiger partial charge in [0.15, 0.2) is 0 Å². The summed E-state index contributed by atoms with van der Waals surface area (Å²) in [5.41, 5.74) is 0. The van der Waals surface area contributed by atoms with Crippen LogP contribution in [0, 0.1) is 11.8 Å². The van der Waals surface area contributed by atoms with E-state index in [1.165, 1.54) is 38.5 Å². The SMILES string of the molecule is C[C@@H]1CCC[C@@H](CCCCNCCOS(=O)(O)=S)C1. The molecule has 114 valence electrons. The molecule has 0 spiro atoms. The Morgan fingerprint density at radius 1 is 1.37 bits per heavy atom. The van der Waals surface area contributed by atoms with Gasteiger partial charge in [-0.2, -0.15) is 4.21 Å². The molecule has 1 saturated carbocycles. The number of nitrogens with one attached hydrogen (secondary N) is 1. The first-order valence-corrected chi connectivity index (χ1v) is 9.66. The molecule has 0 saturated heterocycles. The molecule has 0 bridgehead atoms. The summed E-state index contributed by atoms with van der Waals surface area (Å²) in [5.74, 6) is 1.85. The van der Waals surface area contributed by atoms with Crippen molar-refractivity contribution >= 4 is 20.2 Å². The molecule has 19 heavy (non-hydrogen) atoms. The fourth-order valence-corrected chi connectivity index (χ4v) is 3.35. The quantitative estimate of drug-likeness (QED) is 0.641. The summed E-state index contributed by atoms with van der Waals surface area (Å²) in [5, 5.41) is 3.20. The van der Waals surface area contributed by atoms with Crippen LogP contribution in [0.15, 0.2) is 0 Å². The van der Waals surface area contributed by atoms with E-state index in [0.717, 1.165) is 24.8 Å². The molecule has 6 heteroatoms. The van der Waals surface area contributed by atoms with Gasteiger partial charge >= 0.3 is 0 Å². The van der Waals surface area contributed by atoms with Crippen molar-refractivity contribution in [3.05, 3.63) is 0 Å². The van der Waals surface area contributed by atoms with Crippen molar-refractivity contribution in [2.75, 3.05) is 19.7 Å². The lowest BCUT2D eigenvalue weighted by molar-refractivity contribution is 0.263. The van der Waals surface area contributed by atoms with Crippen LogP contribution in [0.3, 0.4) is 0 Å². The maximum absolute atomic E-state index is 10.6. The monoisotopic (exact) mass is 309 g/mol. The summed E-state index contributed by atoms with van der Waals surface area (Å²) < 4.78 is 23.9. The maximum Gasteiger partial charge on any atom is 0.266 e. The van der Waals surface area contributed by atoms with Crippen LogP contribution in [-0.4, -0.2) is 28.5 Å². The third kappa shape index (κ3) is 9.73. The van der Waals surface area contributed by atoms with E-state index in [1.54, 1.807) is 0 Å². The Labute approximate surface area is 122 Å². The first kappa shape index (κ1) is 17.3. The van der Waals surface area contributed by atoms with Gasteiger partial charge in [-0.3, -0.25) is 8.74 Å². The topological polar surface area (TPSA) is 58.6 Å². The van der Waals surface area contributed by atoms with Crippen LogP contribution in [0.1, 0.15) is 51.9 Å². The lowest BCUT2D eigenvalue weighted by Crippen LogP contribution is -2.22. The lowest BCUT2D eigenvalue weighted by atomic mass is 9.80. The Kier molecular flexibility index (Phi) is 8.41. The van der Waals surface area contributed by atoms with Gasteiger partial charge in [0, 0.05) is 17.7 Å². The van der Waals surface area contributed by atoms with Crippen LogP contribution in [0.2, 0.25) is 0 Å². The van der Waals surface area contributed by atoms with Gasteiger partial charge in [0.1, 0.15) is 0 Å². The van der Waals surface area contributed by atoms with Gasteiger partial charge < -0.3 is 5.32 Å². The van der Waals surface area contributed by atoms with E-state index in [-0.39, 0.29) is 6.61 Å². The Balaban J connectivity index is 1.88. The third-order valence-electron chi connectivity index (χ3n) is 3.77. The highest BCUT2D eigenvalue weighted by molar-refractivity contribution is 8.27. The van der Waals surface area contributed by atoms with Crippen molar-refractivity contribution in [3.8, 4) is 0 Å². The highest BCUT2D eigenvalue weighted by atomic mass is 32.9. The van der Waals surface area contributed by atoms with Crippen molar-refractivity contribution in [1.29, 1.82) is 0 Å². The predicted octanol–water partition coefficient (Wildman–Crippen LogP) is 2.72. The Morgan fingerprint density at radius 2 is 2.16 bits per heavy atom. The van der Waals surface area contributed by atoms with Crippen LogP contribution < -0.4 is 5.32 Å². The van der Waals surface area contributed by atoms with Crippen molar-refractivity contribution in [3.63, 3.8) is 0 Å². The second kappa shape index (κ2) is 9.23. The van der Waals surface area contributed by atoms with Crippen LogP contribution in [0.4, 0.5) is 0 Å². The zero-order chi connectivity index (χ0) is 14.1. The minimum absolute atomic E-state index is 0.193. The fraction of sp³-hybridized carbons (Fsp3) is 1.00. The standard InChI is InChI=1S/C13H27NO3S2/c1-12-5-4-7-13(11-12)6-2-3-8-14-9-10-17-19(15,16)18/h12-14H,2-11H2,1H3,(H,15,16,18)/t12-,13-/m1/s1. The average molecular weight is 309 g/mol. The van der Waals surface area contributed by atoms with E-state index < -0.39 is 9.05 Å². The van der Waals surface area contributed by atoms with E-state index in [1.807, 2.05) is 0 Å². The summed E-state index contributed by atoms with van der Waals surface area (Å²) >= 11 is 4.22. The second-order valence-corrected chi connectivity index (χ2v) is 7.99. The van der Waals surface area contributed by atoms with E-state index in [0.29, 0.717) is 6.54 Å². The summed E-state index contributed by atoms with van der Waals surface area (Å²) in [4.78, 5) is 0. The van der Waals surface area contributed by atoms with Crippen LogP contribution >= 0.6 is 0 Å². The predicted molar refractivity (Wildman–Crippen MR) is 81.9 cm³/mol. The van der Waals surface area contributed by atoms with Crippen LogP contribution in [0.25, 0.3) is 0 Å². The molecule has 0 amide bonds. The number of unbranched alkanes of at least 4 members (excludes halogenated alkanes) is 1. The molecule has 2 N–H and O–H groups in total. The molecular formula is C13H27NO3S2. The molecule has 0 aromatic carbocycles. The molecule has 0 aliphatic heterocycles. The summed E-state index contributed by atoms with van der Waals surface area (Å²) in [6, 6.07) is 0. The van der Waals surface area contributed by atoms with Gasteiger partial charge in [0.05, 0.1) is 6.61 Å². The molecule has 1 fully saturated rings. The van der Waals surface area contributed by atoms with E-state index >= 15 is 0 Å². The number of rotatable bonds is 9. The molecule has 4 nitrogen and oxygen atoms in total. The smallest absolute Gasteiger partial charge is 0.266 e. The highest BCUT2D eigenvalue weighted by Gasteiger charge is 2.17. The zero-order valence-corrected chi connectivity index (χ0v) is 13.4. The molecule has 1 rings (SSSR count). The van der Waals surface area contributed by atoms with Gasteiger partial charge in [-0.15, -0.1) is 0 Å². The number of hydrogen-bond acceptors (Lipinski definition) is 4. The van der Waals surface area contributed by atoms with Gasteiger partial charge in [0.25, 0.3) is 9.05 Å². The zero-order valence-electron chi connectivity index (χ0n) is 11.8. The van der Waals surface area contributed by atoms with E-state index in [2.05, 4.69) is 27.6 Å². The van der Waals surface area contributed by atoms with Crippen molar-refractivity contribution in [2.45, 2.75) is 51.9 Å². The Bertz CT molecular complexity index is 333. The molecule has 1 unspecified atom stereocenters. The van der Waals surface area contributed by atoms with Crippen LogP contribution in [0.5, 0.6) is 0 Å². The van der Waals surface area contributed by atoms with E-state index in [9.17, 15) is 4.21 Å². The van der Waals surface area contributed by atoms with Crippen LogP contribution in [-0.2, 0) is 24.4 Å². The third-order valence-corrected chi connectivity index (χ3v) is 4.53. The minimum atomic E-state index is -3.45. The molecule has 1 aliphatic rings. The average Bonchev–Trinajstić information content (AvgIpc) is 2.31. The molecular weight excluding hydrogens is 282 g/mol. The summed E-state index contributed by atoms with van der Waals surface area (Å²) in [6.07, 6.45) is 9.41. The first-order chi connectivity index (χ1) is 8.97. The molecule has 1 aliphatic carbocycles. The highest BCUT2D eigenvalue weighted by Crippen LogP contribution is 2.31. The molecule has 0 aromatic heterocycles. The Morgan fingerprint density at radius 3 is 2.84 bits per heavy atom. The van der Waals surface area contributed by atoms with Gasteiger partial charge in [0.2, 0.25) is 0 Å². The summed E-state index contributed by atoms with van der Waals surface area (Å²) in [7, 11) is -3.45. The molecule has 0 heterocycles. The summed E-state index contributed by atoms with van der Waals surface area (Å²) in [6.45, 7) is 4.08. The molecule has 0 aromatic rings.